The molecule has 0 amide bonds. The lowest BCUT2D eigenvalue weighted by Crippen LogP contribution is -2.36. The Morgan fingerprint density at radius 1 is 1.21 bits per heavy atom. The van der Waals surface area contributed by atoms with Crippen molar-refractivity contribution in [3.8, 4) is 5.75 Å². The molecule has 0 bridgehead atoms. The van der Waals surface area contributed by atoms with Crippen LogP contribution in [0.3, 0.4) is 0 Å². The van der Waals surface area contributed by atoms with Crippen LogP contribution in [0.25, 0.3) is 22.6 Å². The lowest BCUT2D eigenvalue weighted by molar-refractivity contribution is 0.0594. The van der Waals surface area contributed by atoms with Gasteiger partial charge in [0, 0.05) is 16.5 Å². The van der Waals surface area contributed by atoms with Gasteiger partial charge < -0.3 is 14.5 Å². The quantitative estimate of drug-likeness (QED) is 0.546. The van der Waals surface area contributed by atoms with Crippen LogP contribution in [-0.2, 0) is 4.74 Å². The van der Waals surface area contributed by atoms with E-state index >= 15 is 0 Å². The van der Waals surface area contributed by atoms with Crippen molar-refractivity contribution < 1.29 is 14.3 Å². The van der Waals surface area contributed by atoms with Crippen molar-refractivity contribution >= 4 is 40.1 Å². The summed E-state index contributed by atoms with van der Waals surface area (Å²) >= 11 is 6.70. The van der Waals surface area contributed by atoms with Crippen LogP contribution < -0.4 is 15.3 Å². The number of fused-ring (bicyclic) bond motifs is 3. The van der Waals surface area contributed by atoms with Crippen LogP contribution in [0.1, 0.15) is 28.7 Å². The molecule has 1 N–H and O–H groups in total. The molecular formula is C22H21ClN2O3. The number of halogens is 1. The maximum Gasteiger partial charge on any atom is 0.356 e. The normalized spacial score (nSPS) is 18.5. The fourth-order valence-electron chi connectivity index (χ4n) is 3.83. The number of nitrogens with one attached hydrogen (secondary N) is 1. The highest BCUT2D eigenvalue weighted by Crippen LogP contribution is 2.30. The molecular weight excluding hydrogens is 376 g/mol. The average molecular weight is 397 g/mol. The number of H-pyrrole nitrogens is 1. The molecule has 1 aromatic carbocycles. The van der Waals surface area contributed by atoms with Gasteiger partial charge in [0.15, 0.2) is 0 Å². The van der Waals surface area contributed by atoms with Crippen molar-refractivity contribution in [1.29, 1.82) is 0 Å². The number of carbonyl (C=O) groups is 1. The first-order valence-corrected chi connectivity index (χ1v) is 9.50. The Balaban J connectivity index is 2.07. The summed E-state index contributed by atoms with van der Waals surface area (Å²) in [4.78, 5) is 19.9. The number of pyridine rings is 1. The van der Waals surface area contributed by atoms with E-state index in [1.54, 1.807) is 13.2 Å². The standard InChI is InChI=1S/C22H21ClN2O3/c1-11-17(23)9-15-16-10-18(22(26)28-4)24-12(2)20(16)25-21(15)19(11)13-5-7-14(27-3)8-6-13/h5-11,17,25H,1-4H3/t11-,17?/m0/s1. The molecule has 0 saturated heterocycles. The smallest absolute Gasteiger partial charge is 0.356 e. The van der Waals surface area contributed by atoms with Crippen molar-refractivity contribution in [2.24, 2.45) is 5.92 Å². The van der Waals surface area contributed by atoms with E-state index in [1.165, 1.54) is 7.11 Å². The molecule has 0 aliphatic heterocycles. The Morgan fingerprint density at radius 3 is 2.57 bits per heavy atom. The number of esters is 1. The largest absolute Gasteiger partial charge is 0.497 e. The highest BCUT2D eigenvalue weighted by molar-refractivity contribution is 6.25. The molecule has 2 heterocycles. The van der Waals surface area contributed by atoms with E-state index in [2.05, 4.69) is 16.9 Å². The van der Waals surface area contributed by atoms with Crippen molar-refractivity contribution in [2.75, 3.05) is 14.2 Å². The van der Waals surface area contributed by atoms with Gasteiger partial charge in [-0.25, -0.2) is 9.78 Å². The Morgan fingerprint density at radius 2 is 1.93 bits per heavy atom. The lowest BCUT2D eigenvalue weighted by atomic mass is 9.87. The Hall–Kier alpha value is -2.79. The average Bonchev–Trinajstić information content (AvgIpc) is 3.07. The van der Waals surface area contributed by atoms with Crippen LogP contribution in [0.5, 0.6) is 5.75 Å². The number of carbonyl (C=O) groups excluding carboxylic acids is 1. The molecule has 1 unspecified atom stereocenters. The second-order valence-electron chi connectivity index (χ2n) is 6.96. The molecule has 28 heavy (non-hydrogen) atoms. The maximum atomic E-state index is 12.0. The minimum Gasteiger partial charge on any atom is -0.497 e. The van der Waals surface area contributed by atoms with Gasteiger partial charge in [0.25, 0.3) is 0 Å². The molecule has 4 rings (SSSR count). The summed E-state index contributed by atoms with van der Waals surface area (Å²) < 4.78 is 10.1. The van der Waals surface area contributed by atoms with E-state index in [1.807, 2.05) is 37.3 Å². The van der Waals surface area contributed by atoms with E-state index in [0.717, 1.165) is 44.1 Å². The maximum absolute atomic E-state index is 12.0. The van der Waals surface area contributed by atoms with Crippen molar-refractivity contribution in [1.82, 2.24) is 9.97 Å². The third-order valence-electron chi connectivity index (χ3n) is 5.33. The van der Waals surface area contributed by atoms with Gasteiger partial charge in [-0.05, 0) is 36.3 Å². The summed E-state index contributed by atoms with van der Waals surface area (Å²) in [5.41, 5.74) is 4.15. The molecule has 6 heteroatoms. The van der Waals surface area contributed by atoms with E-state index in [0.29, 0.717) is 5.69 Å². The van der Waals surface area contributed by atoms with E-state index in [-0.39, 0.29) is 11.3 Å². The van der Waals surface area contributed by atoms with Gasteiger partial charge in [0.05, 0.1) is 36.2 Å². The highest BCUT2D eigenvalue weighted by Gasteiger charge is 2.25. The molecule has 2 aromatic heterocycles. The first-order valence-electron chi connectivity index (χ1n) is 9.06. The summed E-state index contributed by atoms with van der Waals surface area (Å²) in [6, 6.07) is 9.74. The lowest BCUT2D eigenvalue weighted by Gasteiger charge is -2.22. The second-order valence-corrected chi connectivity index (χ2v) is 7.47. The number of hydrogen-bond donors (Lipinski definition) is 1. The summed E-state index contributed by atoms with van der Waals surface area (Å²) in [7, 11) is 3.01. The minimum atomic E-state index is -0.453. The van der Waals surface area contributed by atoms with Crippen LogP contribution in [0, 0.1) is 12.8 Å². The number of methoxy groups -OCH3 is 2. The van der Waals surface area contributed by atoms with Crippen molar-refractivity contribution in [2.45, 2.75) is 19.2 Å². The first kappa shape index (κ1) is 18.6. The van der Waals surface area contributed by atoms with E-state index in [4.69, 9.17) is 21.1 Å². The minimum absolute atomic E-state index is 0.115. The van der Waals surface area contributed by atoms with Gasteiger partial charge in [-0.3, -0.25) is 0 Å². The predicted octanol–water partition coefficient (Wildman–Crippen LogP) is 2.90. The van der Waals surface area contributed by atoms with Gasteiger partial charge in [-0.2, -0.15) is 0 Å². The summed E-state index contributed by atoms with van der Waals surface area (Å²) in [5.74, 6) is 0.469. The van der Waals surface area contributed by atoms with Crippen LogP contribution in [0.2, 0.25) is 0 Å². The Labute approximate surface area is 167 Å². The van der Waals surface area contributed by atoms with Crippen LogP contribution in [-0.4, -0.2) is 35.5 Å². The second kappa shape index (κ2) is 6.99. The molecule has 0 spiro atoms. The van der Waals surface area contributed by atoms with E-state index in [9.17, 15) is 4.79 Å². The fourth-order valence-corrected chi connectivity index (χ4v) is 4.08. The number of ether oxygens (including phenoxy) is 2. The molecule has 0 radical (unpaired) electrons. The fraction of sp³-hybridized carbons (Fsp3) is 0.273. The SMILES string of the molecule is COC(=O)c1cc2c3c([nH]c2c(C)n1)=C(c1ccc(OC)cc1)[C@@H](C)C(Cl)C=3. The van der Waals surface area contributed by atoms with Gasteiger partial charge in [0.1, 0.15) is 11.4 Å². The number of alkyl halides is 1. The summed E-state index contributed by atoms with van der Waals surface area (Å²) in [6.45, 7) is 4.00. The molecule has 5 nitrogen and oxygen atoms in total. The van der Waals surface area contributed by atoms with Crippen LogP contribution >= 0.6 is 11.6 Å². The van der Waals surface area contributed by atoms with Gasteiger partial charge in [-0.1, -0.05) is 25.1 Å². The predicted molar refractivity (Wildman–Crippen MR) is 110 cm³/mol. The number of aromatic nitrogens is 2. The summed E-state index contributed by atoms with van der Waals surface area (Å²) in [5, 5.41) is 2.76. The monoisotopic (exact) mass is 396 g/mol. The van der Waals surface area contributed by atoms with Crippen molar-refractivity contribution in [3.05, 3.63) is 57.9 Å². The zero-order valence-corrected chi connectivity index (χ0v) is 16.9. The number of hydrogen-bond acceptors (Lipinski definition) is 4. The van der Waals surface area contributed by atoms with Gasteiger partial charge in [0.2, 0.25) is 0 Å². The third kappa shape index (κ3) is 2.87. The molecule has 2 atom stereocenters. The third-order valence-corrected chi connectivity index (χ3v) is 5.84. The molecule has 3 aromatic rings. The molecule has 1 aliphatic carbocycles. The number of rotatable bonds is 3. The molecule has 144 valence electrons. The number of aryl methyl sites for hydroxylation is 1. The van der Waals surface area contributed by atoms with Crippen LogP contribution in [0.15, 0.2) is 30.3 Å². The zero-order valence-electron chi connectivity index (χ0n) is 16.2. The van der Waals surface area contributed by atoms with Crippen LogP contribution in [0.4, 0.5) is 0 Å². The highest BCUT2D eigenvalue weighted by atomic mass is 35.5. The number of aromatic amines is 1. The van der Waals surface area contributed by atoms with Gasteiger partial charge >= 0.3 is 5.97 Å². The first-order chi connectivity index (χ1) is 13.4. The molecule has 1 aliphatic rings. The van der Waals surface area contributed by atoms with E-state index < -0.39 is 5.97 Å². The molecule has 0 saturated carbocycles. The van der Waals surface area contributed by atoms with Crippen molar-refractivity contribution in [3.63, 3.8) is 0 Å². The number of nitrogens with zero attached hydrogens (tertiary/aromatic N) is 1. The van der Waals surface area contributed by atoms with Gasteiger partial charge in [-0.15, -0.1) is 11.6 Å². The molecule has 0 fully saturated rings. The Kier molecular flexibility index (Phi) is 4.63. The Bertz CT molecular complexity index is 1200. The zero-order chi connectivity index (χ0) is 20.0. The number of benzene rings is 1. The summed E-state index contributed by atoms with van der Waals surface area (Å²) in [6.07, 6.45) is 2.05. The topological polar surface area (TPSA) is 64.2 Å².